The standard InChI is InChI=1S/C11H14O2/c1-3-4-5-6-10(12)11-8-7-9(2)13-11/h1,7-8,10,12H,4-6H2,2H3. The molecule has 1 N–H and O–H groups in total. The third-order valence-electron chi connectivity index (χ3n) is 1.89. The molecular weight excluding hydrogens is 164 g/mol. The third kappa shape index (κ3) is 2.96. The van der Waals surface area contributed by atoms with Crippen LogP contribution in [0.2, 0.25) is 0 Å². The monoisotopic (exact) mass is 178 g/mol. The first-order chi connectivity index (χ1) is 6.24. The van der Waals surface area contributed by atoms with Gasteiger partial charge < -0.3 is 9.52 Å². The van der Waals surface area contributed by atoms with Gasteiger partial charge in [0.2, 0.25) is 0 Å². The minimum Gasteiger partial charge on any atom is -0.464 e. The van der Waals surface area contributed by atoms with E-state index in [1.807, 2.05) is 13.0 Å². The molecule has 1 rings (SSSR count). The molecule has 0 radical (unpaired) electrons. The van der Waals surface area contributed by atoms with Gasteiger partial charge >= 0.3 is 0 Å². The first-order valence-corrected chi connectivity index (χ1v) is 4.42. The highest BCUT2D eigenvalue weighted by Gasteiger charge is 2.10. The maximum absolute atomic E-state index is 9.60. The molecule has 13 heavy (non-hydrogen) atoms. The molecule has 2 nitrogen and oxygen atoms in total. The van der Waals surface area contributed by atoms with Crippen LogP contribution in [0, 0.1) is 19.3 Å². The molecule has 1 aromatic heterocycles. The van der Waals surface area contributed by atoms with Gasteiger partial charge in [-0.05, 0) is 31.9 Å². The third-order valence-corrected chi connectivity index (χ3v) is 1.89. The summed E-state index contributed by atoms with van der Waals surface area (Å²) in [6.45, 7) is 1.86. The number of rotatable bonds is 4. The fourth-order valence-corrected chi connectivity index (χ4v) is 1.17. The fraction of sp³-hybridized carbons (Fsp3) is 0.455. The van der Waals surface area contributed by atoms with Crippen LogP contribution in [-0.4, -0.2) is 5.11 Å². The van der Waals surface area contributed by atoms with Gasteiger partial charge in [-0.3, -0.25) is 0 Å². The molecular formula is C11H14O2. The van der Waals surface area contributed by atoms with E-state index in [1.54, 1.807) is 6.07 Å². The molecule has 0 saturated heterocycles. The second kappa shape index (κ2) is 4.74. The molecule has 70 valence electrons. The van der Waals surface area contributed by atoms with Crippen molar-refractivity contribution in [3.63, 3.8) is 0 Å². The predicted molar refractivity (Wildman–Crippen MR) is 51.1 cm³/mol. The van der Waals surface area contributed by atoms with E-state index in [-0.39, 0.29) is 0 Å². The summed E-state index contributed by atoms with van der Waals surface area (Å²) in [4.78, 5) is 0. The van der Waals surface area contributed by atoms with Crippen LogP contribution in [0.25, 0.3) is 0 Å². The van der Waals surface area contributed by atoms with Gasteiger partial charge in [0.15, 0.2) is 0 Å². The van der Waals surface area contributed by atoms with E-state index in [0.29, 0.717) is 18.6 Å². The Balaban J connectivity index is 2.40. The lowest BCUT2D eigenvalue weighted by Crippen LogP contribution is -1.94. The van der Waals surface area contributed by atoms with Gasteiger partial charge in [-0.25, -0.2) is 0 Å². The van der Waals surface area contributed by atoms with Crippen molar-refractivity contribution in [3.8, 4) is 12.3 Å². The summed E-state index contributed by atoms with van der Waals surface area (Å²) in [5, 5.41) is 9.60. The number of furan rings is 1. The van der Waals surface area contributed by atoms with E-state index in [9.17, 15) is 5.11 Å². The van der Waals surface area contributed by atoms with Crippen LogP contribution in [0.1, 0.15) is 36.9 Å². The zero-order valence-electron chi connectivity index (χ0n) is 7.79. The molecule has 0 aliphatic heterocycles. The van der Waals surface area contributed by atoms with Gasteiger partial charge in [0.1, 0.15) is 17.6 Å². The Hall–Kier alpha value is -1.20. The fourth-order valence-electron chi connectivity index (χ4n) is 1.17. The maximum Gasteiger partial charge on any atom is 0.132 e. The molecule has 0 saturated carbocycles. The number of aryl methyl sites for hydroxylation is 1. The Labute approximate surface area is 78.6 Å². The normalized spacial score (nSPS) is 12.4. The SMILES string of the molecule is C#CCCCC(O)c1ccc(C)o1. The van der Waals surface area contributed by atoms with Gasteiger partial charge in [-0.2, -0.15) is 0 Å². The minimum absolute atomic E-state index is 0.512. The van der Waals surface area contributed by atoms with E-state index < -0.39 is 6.10 Å². The summed E-state index contributed by atoms with van der Waals surface area (Å²) < 4.78 is 5.27. The van der Waals surface area contributed by atoms with E-state index >= 15 is 0 Å². The first kappa shape index (κ1) is 9.88. The average molecular weight is 178 g/mol. The quantitative estimate of drug-likeness (QED) is 0.567. The van der Waals surface area contributed by atoms with Gasteiger partial charge in [-0.15, -0.1) is 12.3 Å². The number of hydrogen-bond acceptors (Lipinski definition) is 2. The zero-order valence-corrected chi connectivity index (χ0v) is 7.79. The summed E-state index contributed by atoms with van der Waals surface area (Å²) in [7, 11) is 0. The summed E-state index contributed by atoms with van der Waals surface area (Å²) in [5.74, 6) is 4.00. The Morgan fingerprint density at radius 1 is 1.62 bits per heavy atom. The molecule has 1 atom stereocenters. The average Bonchev–Trinajstić information content (AvgIpc) is 2.52. The predicted octanol–water partition coefficient (Wildman–Crippen LogP) is 2.42. The molecule has 1 heterocycles. The second-order valence-corrected chi connectivity index (χ2v) is 3.06. The number of aliphatic hydroxyl groups is 1. The number of hydrogen-bond donors (Lipinski definition) is 1. The van der Waals surface area contributed by atoms with Crippen molar-refractivity contribution in [1.29, 1.82) is 0 Å². The molecule has 0 spiro atoms. The Kier molecular flexibility index (Phi) is 3.60. The second-order valence-electron chi connectivity index (χ2n) is 3.06. The van der Waals surface area contributed by atoms with E-state index in [2.05, 4.69) is 5.92 Å². The molecule has 0 amide bonds. The maximum atomic E-state index is 9.60. The van der Waals surface area contributed by atoms with Crippen molar-refractivity contribution in [1.82, 2.24) is 0 Å². The number of unbranched alkanes of at least 4 members (excludes halogenated alkanes) is 1. The van der Waals surface area contributed by atoms with Crippen LogP contribution < -0.4 is 0 Å². The summed E-state index contributed by atoms with van der Waals surface area (Å²) in [5.41, 5.74) is 0. The summed E-state index contributed by atoms with van der Waals surface area (Å²) >= 11 is 0. The van der Waals surface area contributed by atoms with Gasteiger partial charge in [0.05, 0.1) is 0 Å². The van der Waals surface area contributed by atoms with E-state index in [1.165, 1.54) is 0 Å². The van der Waals surface area contributed by atoms with E-state index in [0.717, 1.165) is 12.2 Å². The van der Waals surface area contributed by atoms with Crippen molar-refractivity contribution in [2.24, 2.45) is 0 Å². The molecule has 0 bridgehead atoms. The van der Waals surface area contributed by atoms with Crippen LogP contribution in [0.4, 0.5) is 0 Å². The summed E-state index contributed by atoms with van der Waals surface area (Å²) in [6, 6.07) is 3.65. The van der Waals surface area contributed by atoms with Crippen molar-refractivity contribution < 1.29 is 9.52 Å². The largest absolute Gasteiger partial charge is 0.464 e. The van der Waals surface area contributed by atoms with Crippen molar-refractivity contribution in [3.05, 3.63) is 23.7 Å². The van der Waals surface area contributed by atoms with Crippen molar-refractivity contribution >= 4 is 0 Å². The molecule has 1 aromatic rings. The Morgan fingerprint density at radius 3 is 2.92 bits per heavy atom. The molecule has 0 aliphatic carbocycles. The van der Waals surface area contributed by atoms with Crippen LogP contribution >= 0.6 is 0 Å². The first-order valence-electron chi connectivity index (χ1n) is 4.42. The molecule has 0 aromatic carbocycles. The topological polar surface area (TPSA) is 33.4 Å². The van der Waals surface area contributed by atoms with Crippen LogP contribution in [0.3, 0.4) is 0 Å². The van der Waals surface area contributed by atoms with E-state index in [4.69, 9.17) is 10.8 Å². The molecule has 1 unspecified atom stereocenters. The Morgan fingerprint density at radius 2 is 2.38 bits per heavy atom. The lowest BCUT2D eigenvalue weighted by molar-refractivity contribution is 0.137. The van der Waals surface area contributed by atoms with Gasteiger partial charge in [0, 0.05) is 6.42 Å². The molecule has 0 fully saturated rings. The number of terminal acetylenes is 1. The lowest BCUT2D eigenvalue weighted by Gasteiger charge is -2.05. The summed E-state index contributed by atoms with van der Waals surface area (Å²) in [6.07, 6.45) is 6.79. The smallest absolute Gasteiger partial charge is 0.132 e. The van der Waals surface area contributed by atoms with Gasteiger partial charge in [0.25, 0.3) is 0 Å². The zero-order chi connectivity index (χ0) is 9.68. The minimum atomic E-state index is -0.512. The van der Waals surface area contributed by atoms with Crippen LogP contribution in [-0.2, 0) is 0 Å². The van der Waals surface area contributed by atoms with Crippen LogP contribution in [0.15, 0.2) is 16.5 Å². The highest BCUT2D eigenvalue weighted by molar-refractivity contribution is 5.07. The highest BCUT2D eigenvalue weighted by atomic mass is 16.4. The number of aliphatic hydroxyl groups excluding tert-OH is 1. The van der Waals surface area contributed by atoms with Gasteiger partial charge in [-0.1, -0.05) is 0 Å². The molecule has 2 heteroatoms. The van der Waals surface area contributed by atoms with Crippen LogP contribution in [0.5, 0.6) is 0 Å². The van der Waals surface area contributed by atoms with Crippen molar-refractivity contribution in [2.45, 2.75) is 32.3 Å². The van der Waals surface area contributed by atoms with Crippen molar-refractivity contribution in [2.75, 3.05) is 0 Å². The highest BCUT2D eigenvalue weighted by Crippen LogP contribution is 2.20. The lowest BCUT2D eigenvalue weighted by atomic mass is 10.1. The molecule has 0 aliphatic rings. The Bertz CT molecular complexity index is 293.